The molecule has 2 N–H and O–H groups in total. The predicted molar refractivity (Wildman–Crippen MR) is 76.3 cm³/mol. The number of para-hydroxylation sites is 1. The van der Waals surface area contributed by atoms with Crippen molar-refractivity contribution >= 4 is 23.2 Å². The quantitative estimate of drug-likeness (QED) is 0.868. The van der Waals surface area contributed by atoms with Gasteiger partial charge in [0.2, 0.25) is 5.91 Å². The van der Waals surface area contributed by atoms with E-state index in [1.807, 2.05) is 12.1 Å². The van der Waals surface area contributed by atoms with Crippen molar-refractivity contribution in [2.75, 3.05) is 31.6 Å². The van der Waals surface area contributed by atoms with Crippen LogP contribution in [0.5, 0.6) is 0 Å². The first-order chi connectivity index (χ1) is 9.19. The van der Waals surface area contributed by atoms with Gasteiger partial charge in [-0.3, -0.25) is 4.79 Å². The van der Waals surface area contributed by atoms with Gasteiger partial charge in [-0.05, 0) is 31.0 Å². The van der Waals surface area contributed by atoms with Crippen LogP contribution in [0.2, 0.25) is 5.02 Å². The van der Waals surface area contributed by atoms with Gasteiger partial charge in [-0.1, -0.05) is 23.7 Å². The minimum Gasteiger partial charge on any atom is -0.396 e. The van der Waals surface area contributed by atoms with Gasteiger partial charge in [-0.15, -0.1) is 0 Å². The monoisotopic (exact) mass is 282 g/mol. The highest BCUT2D eigenvalue weighted by atomic mass is 35.5. The smallest absolute Gasteiger partial charge is 0.225 e. The number of benzene rings is 1. The fraction of sp³-hybridized carbons (Fsp3) is 0.500. The van der Waals surface area contributed by atoms with E-state index < -0.39 is 0 Å². The van der Waals surface area contributed by atoms with Gasteiger partial charge in [0.05, 0.1) is 10.7 Å². The van der Waals surface area contributed by atoms with Gasteiger partial charge in [-0.2, -0.15) is 0 Å². The number of hydrogen-bond donors (Lipinski definition) is 2. The molecule has 1 aromatic carbocycles. The number of hydrogen-bond acceptors (Lipinski definition) is 3. The summed E-state index contributed by atoms with van der Waals surface area (Å²) in [6.07, 6.45) is 1.46. The highest BCUT2D eigenvalue weighted by Gasteiger charge is 2.21. The summed E-state index contributed by atoms with van der Waals surface area (Å²) >= 11 is 5.98. The Kier molecular flexibility index (Phi) is 5.19. The molecule has 1 aliphatic rings. The van der Waals surface area contributed by atoms with Gasteiger partial charge in [-0.25, -0.2) is 0 Å². The van der Waals surface area contributed by atoms with E-state index in [9.17, 15) is 4.79 Å². The molecule has 0 saturated carbocycles. The van der Waals surface area contributed by atoms with Crippen LogP contribution < -0.4 is 5.32 Å². The zero-order chi connectivity index (χ0) is 13.7. The number of halogens is 1. The zero-order valence-electron chi connectivity index (χ0n) is 10.8. The maximum atomic E-state index is 11.8. The summed E-state index contributed by atoms with van der Waals surface area (Å²) in [5, 5.41) is 12.4. The van der Waals surface area contributed by atoms with Crippen LogP contribution >= 0.6 is 11.6 Å². The number of carbonyl (C=O) groups excluding carboxylic acids is 1. The second kappa shape index (κ2) is 6.89. The normalized spacial score (nSPS) is 19.6. The molecule has 0 radical (unpaired) electrons. The lowest BCUT2D eigenvalue weighted by Gasteiger charge is -2.15. The molecule has 2 rings (SSSR count). The highest BCUT2D eigenvalue weighted by Crippen LogP contribution is 2.21. The van der Waals surface area contributed by atoms with Crippen molar-refractivity contribution in [3.63, 3.8) is 0 Å². The molecule has 1 saturated heterocycles. The Bertz CT molecular complexity index is 439. The van der Waals surface area contributed by atoms with Crippen molar-refractivity contribution in [3.8, 4) is 0 Å². The van der Waals surface area contributed by atoms with Crippen LogP contribution in [-0.2, 0) is 4.79 Å². The number of aliphatic hydroxyl groups is 1. The van der Waals surface area contributed by atoms with Crippen LogP contribution in [-0.4, -0.2) is 42.2 Å². The van der Waals surface area contributed by atoms with Gasteiger partial charge in [0.15, 0.2) is 0 Å². The van der Waals surface area contributed by atoms with Gasteiger partial charge < -0.3 is 15.3 Å². The molecule has 5 heteroatoms. The fourth-order valence-electron chi connectivity index (χ4n) is 2.30. The van der Waals surface area contributed by atoms with Crippen molar-refractivity contribution in [2.24, 2.45) is 5.92 Å². The Hall–Kier alpha value is -1.10. The number of likely N-dealkylation sites (tertiary alicyclic amines) is 1. The van der Waals surface area contributed by atoms with Gasteiger partial charge in [0.25, 0.3) is 0 Å². The second-order valence-electron chi connectivity index (χ2n) is 4.92. The summed E-state index contributed by atoms with van der Waals surface area (Å²) < 4.78 is 0. The molecule has 0 aromatic heterocycles. The van der Waals surface area contributed by atoms with Gasteiger partial charge in [0, 0.05) is 26.1 Å². The molecule has 4 nitrogen and oxygen atoms in total. The topological polar surface area (TPSA) is 52.6 Å². The maximum absolute atomic E-state index is 11.8. The lowest BCUT2D eigenvalue weighted by molar-refractivity contribution is -0.116. The van der Waals surface area contributed by atoms with Crippen LogP contribution in [0.1, 0.15) is 12.8 Å². The second-order valence-corrected chi connectivity index (χ2v) is 5.32. The highest BCUT2D eigenvalue weighted by molar-refractivity contribution is 6.33. The van der Waals surface area contributed by atoms with E-state index in [-0.39, 0.29) is 12.5 Å². The van der Waals surface area contributed by atoms with E-state index in [4.69, 9.17) is 16.7 Å². The summed E-state index contributed by atoms with van der Waals surface area (Å²) in [4.78, 5) is 14.0. The Morgan fingerprint density at radius 1 is 1.47 bits per heavy atom. The Balaban J connectivity index is 1.75. The molecular formula is C14H19ClN2O2. The maximum Gasteiger partial charge on any atom is 0.225 e. The first-order valence-electron chi connectivity index (χ1n) is 6.56. The largest absolute Gasteiger partial charge is 0.396 e. The van der Waals surface area contributed by atoms with Crippen molar-refractivity contribution in [2.45, 2.75) is 12.8 Å². The first-order valence-corrected chi connectivity index (χ1v) is 6.94. The number of anilines is 1. The first kappa shape index (κ1) is 14.3. The number of nitrogens with one attached hydrogen (secondary N) is 1. The number of aliphatic hydroxyl groups excluding tert-OH is 1. The van der Waals surface area contributed by atoms with E-state index in [2.05, 4.69) is 10.2 Å². The zero-order valence-corrected chi connectivity index (χ0v) is 11.6. The molecule has 1 aliphatic heterocycles. The third-order valence-corrected chi connectivity index (χ3v) is 3.76. The van der Waals surface area contributed by atoms with E-state index in [0.29, 0.717) is 23.0 Å². The van der Waals surface area contributed by atoms with Crippen LogP contribution in [0.3, 0.4) is 0 Å². The lowest BCUT2D eigenvalue weighted by Crippen LogP contribution is -2.26. The van der Waals surface area contributed by atoms with E-state index >= 15 is 0 Å². The number of nitrogens with zero attached hydrogens (tertiary/aromatic N) is 1. The molecule has 1 heterocycles. The SMILES string of the molecule is O=C(CCN1CCC(CO)C1)Nc1ccccc1Cl. The number of rotatable bonds is 5. The average molecular weight is 283 g/mol. The number of carbonyl (C=O) groups is 1. The molecule has 1 amide bonds. The molecule has 1 unspecified atom stereocenters. The van der Waals surface area contributed by atoms with Crippen molar-refractivity contribution < 1.29 is 9.90 Å². The van der Waals surface area contributed by atoms with Crippen molar-refractivity contribution in [1.29, 1.82) is 0 Å². The molecule has 104 valence electrons. The van der Waals surface area contributed by atoms with E-state index in [0.717, 1.165) is 26.1 Å². The summed E-state index contributed by atoms with van der Waals surface area (Å²) in [7, 11) is 0. The molecule has 0 spiro atoms. The summed E-state index contributed by atoms with van der Waals surface area (Å²) in [6, 6.07) is 7.21. The minimum absolute atomic E-state index is 0.0273. The van der Waals surface area contributed by atoms with Crippen LogP contribution in [0.25, 0.3) is 0 Å². The molecule has 0 aliphatic carbocycles. The minimum atomic E-state index is -0.0273. The van der Waals surface area contributed by atoms with Crippen LogP contribution in [0, 0.1) is 5.92 Å². The van der Waals surface area contributed by atoms with Gasteiger partial charge >= 0.3 is 0 Å². The lowest BCUT2D eigenvalue weighted by atomic mass is 10.1. The summed E-state index contributed by atoms with van der Waals surface area (Å²) in [5.41, 5.74) is 0.656. The van der Waals surface area contributed by atoms with Crippen molar-refractivity contribution in [1.82, 2.24) is 4.90 Å². The third kappa shape index (κ3) is 4.20. The Labute approximate surface area is 118 Å². The molecule has 1 atom stereocenters. The number of amides is 1. The van der Waals surface area contributed by atoms with Crippen LogP contribution in [0.4, 0.5) is 5.69 Å². The molecule has 0 bridgehead atoms. The van der Waals surface area contributed by atoms with Crippen molar-refractivity contribution in [3.05, 3.63) is 29.3 Å². The predicted octanol–water partition coefficient (Wildman–Crippen LogP) is 1.98. The Morgan fingerprint density at radius 3 is 2.95 bits per heavy atom. The fourth-order valence-corrected chi connectivity index (χ4v) is 2.48. The molecule has 1 aromatic rings. The molecule has 1 fully saturated rings. The Morgan fingerprint density at radius 2 is 2.26 bits per heavy atom. The standard InChI is InChI=1S/C14H19ClN2O2/c15-12-3-1-2-4-13(12)16-14(19)6-8-17-7-5-11(9-17)10-18/h1-4,11,18H,5-10H2,(H,16,19). The van der Waals surface area contributed by atoms with Crippen LogP contribution in [0.15, 0.2) is 24.3 Å². The molecule has 19 heavy (non-hydrogen) atoms. The average Bonchev–Trinajstić information content (AvgIpc) is 2.87. The van der Waals surface area contributed by atoms with Gasteiger partial charge in [0.1, 0.15) is 0 Å². The van der Waals surface area contributed by atoms with E-state index in [1.165, 1.54) is 0 Å². The molecular weight excluding hydrogens is 264 g/mol. The van der Waals surface area contributed by atoms with E-state index in [1.54, 1.807) is 12.1 Å². The summed E-state index contributed by atoms with van der Waals surface area (Å²) in [5.74, 6) is 0.340. The third-order valence-electron chi connectivity index (χ3n) is 3.43. The summed E-state index contributed by atoms with van der Waals surface area (Å²) in [6.45, 7) is 2.82.